The second-order valence-corrected chi connectivity index (χ2v) is 4.26. The van der Waals surface area contributed by atoms with Gasteiger partial charge in [-0.2, -0.15) is 0 Å². The highest BCUT2D eigenvalue weighted by atomic mass is 32.1. The maximum absolute atomic E-state index is 13.5. The third-order valence-electron chi connectivity index (χ3n) is 2.37. The van der Waals surface area contributed by atoms with Crippen LogP contribution in [0.1, 0.15) is 16.8 Å². The zero-order valence-electron chi connectivity index (χ0n) is 9.93. The lowest BCUT2D eigenvalue weighted by Crippen LogP contribution is -2.34. The Kier molecular flexibility index (Phi) is 5.45. The summed E-state index contributed by atoms with van der Waals surface area (Å²) >= 11 is 4.77. The second kappa shape index (κ2) is 6.86. The SMILES string of the molecule is C=CCN(CCC(N)=S)C(=O)c1ccccc1F. The fraction of sp³-hybridized carbons (Fsp3) is 0.231. The molecule has 0 bridgehead atoms. The fourth-order valence-electron chi connectivity index (χ4n) is 1.48. The highest BCUT2D eigenvalue weighted by molar-refractivity contribution is 7.80. The van der Waals surface area contributed by atoms with Crippen molar-refractivity contribution in [2.75, 3.05) is 13.1 Å². The first-order valence-corrected chi connectivity index (χ1v) is 5.90. The van der Waals surface area contributed by atoms with Gasteiger partial charge in [0.05, 0.1) is 10.6 Å². The molecule has 1 aromatic carbocycles. The van der Waals surface area contributed by atoms with Crippen molar-refractivity contribution >= 4 is 23.1 Å². The van der Waals surface area contributed by atoms with Crippen molar-refractivity contribution in [1.29, 1.82) is 0 Å². The lowest BCUT2D eigenvalue weighted by molar-refractivity contribution is 0.0773. The molecule has 1 amide bonds. The first-order valence-electron chi connectivity index (χ1n) is 5.49. The summed E-state index contributed by atoms with van der Waals surface area (Å²) in [6.45, 7) is 4.26. The molecule has 3 nitrogen and oxygen atoms in total. The number of hydrogen-bond donors (Lipinski definition) is 1. The van der Waals surface area contributed by atoms with Crippen molar-refractivity contribution in [1.82, 2.24) is 4.90 Å². The number of carbonyl (C=O) groups is 1. The van der Waals surface area contributed by atoms with E-state index in [9.17, 15) is 9.18 Å². The molecule has 0 saturated heterocycles. The van der Waals surface area contributed by atoms with Crippen LogP contribution in [0.2, 0.25) is 0 Å². The zero-order chi connectivity index (χ0) is 13.5. The van der Waals surface area contributed by atoms with Crippen molar-refractivity contribution in [2.45, 2.75) is 6.42 Å². The Morgan fingerprint density at radius 2 is 2.17 bits per heavy atom. The maximum atomic E-state index is 13.5. The van der Waals surface area contributed by atoms with Gasteiger partial charge in [0.25, 0.3) is 5.91 Å². The van der Waals surface area contributed by atoms with Gasteiger partial charge in [-0.3, -0.25) is 4.79 Å². The fourth-order valence-corrected chi connectivity index (χ4v) is 1.57. The molecule has 0 saturated carbocycles. The predicted molar refractivity (Wildman–Crippen MR) is 73.9 cm³/mol. The molecule has 0 aliphatic heterocycles. The molecule has 1 aromatic rings. The molecule has 18 heavy (non-hydrogen) atoms. The highest BCUT2D eigenvalue weighted by Crippen LogP contribution is 2.10. The van der Waals surface area contributed by atoms with Gasteiger partial charge in [-0.25, -0.2) is 4.39 Å². The molecule has 0 aromatic heterocycles. The Balaban J connectivity index is 2.85. The third kappa shape index (κ3) is 3.92. The summed E-state index contributed by atoms with van der Waals surface area (Å²) < 4.78 is 13.5. The van der Waals surface area contributed by atoms with Crippen LogP contribution in [0.5, 0.6) is 0 Å². The Bertz CT molecular complexity index is 462. The van der Waals surface area contributed by atoms with Crippen LogP contribution < -0.4 is 5.73 Å². The average Bonchev–Trinajstić information content (AvgIpc) is 2.34. The van der Waals surface area contributed by atoms with E-state index in [0.717, 1.165) is 0 Å². The second-order valence-electron chi connectivity index (χ2n) is 3.74. The van der Waals surface area contributed by atoms with Crippen LogP contribution in [0, 0.1) is 5.82 Å². The maximum Gasteiger partial charge on any atom is 0.257 e. The van der Waals surface area contributed by atoms with Crippen molar-refractivity contribution in [2.24, 2.45) is 5.73 Å². The lowest BCUT2D eigenvalue weighted by Gasteiger charge is -2.21. The van der Waals surface area contributed by atoms with Crippen LogP contribution in [-0.2, 0) is 0 Å². The van der Waals surface area contributed by atoms with Gasteiger partial charge in [0.15, 0.2) is 0 Å². The minimum Gasteiger partial charge on any atom is -0.393 e. The van der Waals surface area contributed by atoms with Gasteiger partial charge < -0.3 is 10.6 Å². The zero-order valence-corrected chi connectivity index (χ0v) is 10.8. The van der Waals surface area contributed by atoms with E-state index < -0.39 is 5.82 Å². The molecule has 0 aliphatic rings. The number of benzene rings is 1. The highest BCUT2D eigenvalue weighted by Gasteiger charge is 2.17. The van der Waals surface area contributed by atoms with Gasteiger partial charge in [0, 0.05) is 19.5 Å². The van der Waals surface area contributed by atoms with Crippen molar-refractivity contribution < 1.29 is 9.18 Å². The number of halogens is 1. The van der Waals surface area contributed by atoms with E-state index in [-0.39, 0.29) is 11.5 Å². The smallest absolute Gasteiger partial charge is 0.257 e. The van der Waals surface area contributed by atoms with Crippen molar-refractivity contribution in [3.63, 3.8) is 0 Å². The molecule has 0 heterocycles. The van der Waals surface area contributed by atoms with E-state index in [2.05, 4.69) is 6.58 Å². The van der Waals surface area contributed by atoms with Crippen LogP contribution in [0.15, 0.2) is 36.9 Å². The van der Waals surface area contributed by atoms with Crippen LogP contribution >= 0.6 is 12.2 Å². The molecule has 0 aliphatic carbocycles. The number of amides is 1. The average molecular weight is 266 g/mol. The van der Waals surface area contributed by atoms with Gasteiger partial charge >= 0.3 is 0 Å². The minimum atomic E-state index is -0.535. The Labute approximate surface area is 111 Å². The van der Waals surface area contributed by atoms with Gasteiger partial charge in [-0.05, 0) is 12.1 Å². The molecule has 0 atom stereocenters. The Morgan fingerprint density at radius 3 is 2.72 bits per heavy atom. The van der Waals surface area contributed by atoms with Crippen molar-refractivity contribution in [3.8, 4) is 0 Å². The Morgan fingerprint density at radius 1 is 1.50 bits per heavy atom. The van der Waals surface area contributed by atoms with Crippen LogP contribution in [0.3, 0.4) is 0 Å². The topological polar surface area (TPSA) is 46.3 Å². The van der Waals surface area contributed by atoms with Crippen LogP contribution in [0.4, 0.5) is 4.39 Å². The quantitative estimate of drug-likeness (QED) is 0.634. The minimum absolute atomic E-state index is 0.0438. The van der Waals surface area contributed by atoms with E-state index in [1.54, 1.807) is 18.2 Å². The summed E-state index contributed by atoms with van der Waals surface area (Å²) in [7, 11) is 0. The summed E-state index contributed by atoms with van der Waals surface area (Å²) in [4.78, 5) is 13.9. The molecule has 0 radical (unpaired) electrons. The van der Waals surface area contributed by atoms with E-state index in [1.165, 1.54) is 17.0 Å². The summed E-state index contributed by atoms with van der Waals surface area (Å²) in [5, 5.41) is 0. The third-order valence-corrected chi connectivity index (χ3v) is 2.57. The Hall–Kier alpha value is -1.75. The van der Waals surface area contributed by atoms with Crippen LogP contribution in [-0.4, -0.2) is 28.9 Å². The number of thiocarbonyl (C=S) groups is 1. The number of carbonyl (C=O) groups excluding carboxylic acids is 1. The standard InChI is InChI=1S/C13H15FN2OS/c1-2-8-16(9-7-12(15)18)13(17)10-5-3-4-6-11(10)14/h2-6H,1,7-9H2,(H2,15,18). The molecule has 0 unspecified atom stereocenters. The summed E-state index contributed by atoms with van der Waals surface area (Å²) in [6, 6.07) is 5.87. The predicted octanol–water partition coefficient (Wildman–Crippen LogP) is 2.13. The van der Waals surface area contributed by atoms with E-state index in [4.69, 9.17) is 18.0 Å². The molecule has 2 N–H and O–H groups in total. The van der Waals surface area contributed by atoms with Crippen LogP contribution in [0.25, 0.3) is 0 Å². The number of nitrogens with two attached hydrogens (primary N) is 1. The van der Waals surface area contributed by atoms with E-state index >= 15 is 0 Å². The number of rotatable bonds is 6. The summed E-state index contributed by atoms with van der Waals surface area (Å²) in [5.74, 6) is -0.920. The molecular formula is C13H15FN2OS. The van der Waals surface area contributed by atoms with Gasteiger partial charge in [-0.15, -0.1) is 6.58 Å². The van der Waals surface area contributed by atoms with Gasteiger partial charge in [0.2, 0.25) is 0 Å². The summed E-state index contributed by atoms with van der Waals surface area (Å²) in [5.41, 5.74) is 5.44. The molecule has 0 spiro atoms. The van der Waals surface area contributed by atoms with E-state index in [0.29, 0.717) is 24.5 Å². The molecular weight excluding hydrogens is 251 g/mol. The molecule has 96 valence electrons. The first kappa shape index (κ1) is 14.3. The first-order chi connectivity index (χ1) is 8.56. The monoisotopic (exact) mass is 266 g/mol. The van der Waals surface area contributed by atoms with Crippen molar-refractivity contribution in [3.05, 3.63) is 48.3 Å². The number of nitrogens with zero attached hydrogens (tertiary/aromatic N) is 1. The summed E-state index contributed by atoms with van der Waals surface area (Å²) in [6.07, 6.45) is 1.99. The van der Waals surface area contributed by atoms with Gasteiger partial charge in [0.1, 0.15) is 5.82 Å². The normalized spacial score (nSPS) is 9.83. The molecule has 1 rings (SSSR count). The lowest BCUT2D eigenvalue weighted by atomic mass is 10.2. The van der Waals surface area contributed by atoms with Gasteiger partial charge in [-0.1, -0.05) is 30.4 Å². The van der Waals surface area contributed by atoms with E-state index in [1.807, 2.05) is 0 Å². The molecule has 5 heteroatoms. The largest absolute Gasteiger partial charge is 0.393 e. The molecule has 0 fully saturated rings. The number of hydrogen-bond acceptors (Lipinski definition) is 2.